The number of hydrogen-bond acceptors (Lipinski definition) is 3. The normalized spacial score (nSPS) is 11.2. The first-order valence-electron chi connectivity index (χ1n) is 7.42. The van der Waals surface area contributed by atoms with Gasteiger partial charge in [-0.25, -0.2) is 0 Å². The Balaban J connectivity index is 2.06. The van der Waals surface area contributed by atoms with E-state index in [0.29, 0.717) is 15.8 Å². The fraction of sp³-hybridized carbons (Fsp3) is 0.0500. The average molecular weight is 318 g/mol. The zero-order valence-electron chi connectivity index (χ0n) is 12.3. The van der Waals surface area contributed by atoms with E-state index in [1.807, 2.05) is 66.7 Å². The van der Waals surface area contributed by atoms with E-state index < -0.39 is 0 Å². The van der Waals surface area contributed by atoms with E-state index in [0.717, 1.165) is 21.0 Å². The maximum Gasteiger partial charge on any atom is 0.196 e. The Labute approximate surface area is 137 Å². The third-order valence-corrected chi connectivity index (χ3v) is 5.21. The number of aliphatic hydroxyl groups is 1. The molecule has 3 aromatic carbocycles. The first-order valence-corrected chi connectivity index (χ1v) is 8.24. The largest absolute Gasteiger partial charge is 0.391 e. The summed E-state index contributed by atoms with van der Waals surface area (Å²) in [6, 6.07) is 21.6. The predicted molar refractivity (Wildman–Crippen MR) is 97.0 cm³/mol. The summed E-state index contributed by atoms with van der Waals surface area (Å²) in [5.74, 6) is 0. The van der Waals surface area contributed by atoms with Crippen LogP contribution >= 0.6 is 11.3 Å². The highest BCUT2D eigenvalue weighted by Crippen LogP contribution is 2.30. The third-order valence-electron chi connectivity index (χ3n) is 4.05. The van der Waals surface area contributed by atoms with Crippen molar-refractivity contribution in [1.29, 1.82) is 0 Å². The fourth-order valence-electron chi connectivity index (χ4n) is 2.94. The highest BCUT2D eigenvalue weighted by molar-refractivity contribution is 7.18. The van der Waals surface area contributed by atoms with Crippen LogP contribution in [-0.4, -0.2) is 5.11 Å². The maximum atomic E-state index is 12.9. The van der Waals surface area contributed by atoms with E-state index in [9.17, 15) is 9.90 Å². The van der Waals surface area contributed by atoms with Crippen molar-refractivity contribution >= 4 is 32.2 Å². The van der Waals surface area contributed by atoms with Gasteiger partial charge in [0, 0.05) is 20.5 Å². The Bertz CT molecular complexity index is 1080. The number of hydrogen-bond donors (Lipinski definition) is 1. The standard InChI is InChI=1S/C20H14O2S/c21-12-18-19(20(22)16-7-3-4-8-17(16)23-18)15-10-9-13-5-1-2-6-14(13)11-15/h1-11,21H,12H2. The second kappa shape index (κ2) is 5.61. The summed E-state index contributed by atoms with van der Waals surface area (Å²) in [6.07, 6.45) is 0. The molecule has 0 saturated heterocycles. The van der Waals surface area contributed by atoms with Gasteiger partial charge in [-0.3, -0.25) is 4.79 Å². The van der Waals surface area contributed by atoms with Gasteiger partial charge in [-0.05, 0) is 34.5 Å². The van der Waals surface area contributed by atoms with Crippen molar-refractivity contribution in [3.8, 4) is 11.1 Å². The molecule has 3 heteroatoms. The SMILES string of the molecule is O=c1c(-c2ccc3ccccc3c2)c(CO)sc2ccccc12. The maximum absolute atomic E-state index is 12.9. The van der Waals surface area contributed by atoms with Crippen molar-refractivity contribution in [1.82, 2.24) is 0 Å². The molecule has 112 valence electrons. The van der Waals surface area contributed by atoms with Gasteiger partial charge in [-0.15, -0.1) is 11.3 Å². The second-order valence-corrected chi connectivity index (χ2v) is 6.58. The smallest absolute Gasteiger partial charge is 0.196 e. The zero-order valence-corrected chi connectivity index (χ0v) is 13.1. The minimum Gasteiger partial charge on any atom is -0.391 e. The van der Waals surface area contributed by atoms with Crippen LogP contribution in [-0.2, 0) is 6.61 Å². The van der Waals surface area contributed by atoms with E-state index in [4.69, 9.17) is 0 Å². The summed E-state index contributed by atoms with van der Waals surface area (Å²) in [6.45, 7) is -0.132. The zero-order chi connectivity index (χ0) is 15.8. The van der Waals surface area contributed by atoms with Crippen LogP contribution in [0.5, 0.6) is 0 Å². The summed E-state index contributed by atoms with van der Waals surface area (Å²) in [7, 11) is 0. The Morgan fingerprint density at radius 3 is 2.43 bits per heavy atom. The lowest BCUT2D eigenvalue weighted by atomic mass is 10.00. The van der Waals surface area contributed by atoms with E-state index >= 15 is 0 Å². The molecule has 1 aromatic heterocycles. The lowest BCUT2D eigenvalue weighted by Gasteiger charge is -2.09. The quantitative estimate of drug-likeness (QED) is 0.587. The molecular formula is C20H14O2S. The Morgan fingerprint density at radius 2 is 1.61 bits per heavy atom. The Hall–Kier alpha value is -2.49. The van der Waals surface area contributed by atoms with Crippen LogP contribution in [0, 0.1) is 0 Å². The van der Waals surface area contributed by atoms with Crippen molar-refractivity contribution in [3.63, 3.8) is 0 Å². The molecule has 1 heterocycles. The highest BCUT2D eigenvalue weighted by Gasteiger charge is 2.14. The minimum absolute atomic E-state index is 0.0151. The van der Waals surface area contributed by atoms with Gasteiger partial charge >= 0.3 is 0 Å². The summed E-state index contributed by atoms with van der Waals surface area (Å²) in [5, 5.41) is 12.7. The molecule has 0 unspecified atom stereocenters. The van der Waals surface area contributed by atoms with Crippen LogP contribution in [0.3, 0.4) is 0 Å². The van der Waals surface area contributed by atoms with Crippen LogP contribution < -0.4 is 5.43 Å². The first kappa shape index (κ1) is 14.1. The van der Waals surface area contributed by atoms with Gasteiger partial charge < -0.3 is 5.11 Å². The molecule has 0 saturated carbocycles. The topological polar surface area (TPSA) is 37.3 Å². The number of benzene rings is 3. The second-order valence-electron chi connectivity index (χ2n) is 5.45. The minimum atomic E-state index is -0.132. The molecule has 2 nitrogen and oxygen atoms in total. The van der Waals surface area contributed by atoms with Crippen molar-refractivity contribution in [2.75, 3.05) is 0 Å². The van der Waals surface area contributed by atoms with Gasteiger partial charge in [-0.1, -0.05) is 48.5 Å². The van der Waals surface area contributed by atoms with Gasteiger partial charge in [-0.2, -0.15) is 0 Å². The molecule has 0 fully saturated rings. The van der Waals surface area contributed by atoms with Gasteiger partial charge in [0.15, 0.2) is 5.43 Å². The van der Waals surface area contributed by atoms with E-state index in [2.05, 4.69) is 0 Å². The van der Waals surface area contributed by atoms with Gasteiger partial charge in [0.1, 0.15) is 0 Å². The third kappa shape index (κ3) is 2.34. The summed E-state index contributed by atoms with van der Waals surface area (Å²) in [5.41, 5.74) is 1.46. The Kier molecular flexibility index (Phi) is 3.45. The van der Waals surface area contributed by atoms with E-state index in [-0.39, 0.29) is 12.0 Å². The molecule has 0 spiro atoms. The van der Waals surface area contributed by atoms with Crippen LogP contribution in [0.25, 0.3) is 32.0 Å². The number of fused-ring (bicyclic) bond motifs is 2. The van der Waals surface area contributed by atoms with Crippen LogP contribution in [0.15, 0.2) is 71.5 Å². The van der Waals surface area contributed by atoms with Crippen LogP contribution in [0.4, 0.5) is 0 Å². The Morgan fingerprint density at radius 1 is 0.870 bits per heavy atom. The van der Waals surface area contributed by atoms with Gasteiger partial charge in [0.2, 0.25) is 0 Å². The van der Waals surface area contributed by atoms with Crippen molar-refractivity contribution in [3.05, 3.63) is 81.8 Å². The van der Waals surface area contributed by atoms with Gasteiger partial charge in [0.05, 0.1) is 6.61 Å². The molecular weight excluding hydrogens is 304 g/mol. The molecule has 23 heavy (non-hydrogen) atoms. The van der Waals surface area contributed by atoms with Crippen molar-refractivity contribution in [2.24, 2.45) is 0 Å². The number of aliphatic hydroxyl groups excluding tert-OH is 1. The summed E-state index contributed by atoms with van der Waals surface area (Å²) < 4.78 is 0.908. The molecule has 4 aromatic rings. The lowest BCUT2D eigenvalue weighted by molar-refractivity contribution is 0.286. The van der Waals surface area contributed by atoms with Crippen LogP contribution in [0.1, 0.15) is 4.88 Å². The van der Waals surface area contributed by atoms with E-state index in [1.165, 1.54) is 11.3 Å². The molecule has 0 bridgehead atoms. The molecule has 4 rings (SSSR count). The highest BCUT2D eigenvalue weighted by atomic mass is 32.1. The molecule has 1 N–H and O–H groups in total. The van der Waals surface area contributed by atoms with Crippen molar-refractivity contribution in [2.45, 2.75) is 6.61 Å². The lowest BCUT2D eigenvalue weighted by Crippen LogP contribution is -2.07. The predicted octanol–water partition coefficient (Wildman–Crippen LogP) is 4.57. The van der Waals surface area contributed by atoms with Gasteiger partial charge in [0.25, 0.3) is 0 Å². The van der Waals surface area contributed by atoms with E-state index in [1.54, 1.807) is 0 Å². The number of rotatable bonds is 2. The molecule has 0 atom stereocenters. The van der Waals surface area contributed by atoms with Crippen LogP contribution in [0.2, 0.25) is 0 Å². The molecule has 0 amide bonds. The molecule has 0 aliphatic heterocycles. The summed E-state index contributed by atoms with van der Waals surface area (Å²) in [4.78, 5) is 13.7. The summed E-state index contributed by atoms with van der Waals surface area (Å²) >= 11 is 1.48. The van der Waals surface area contributed by atoms with Crippen molar-refractivity contribution < 1.29 is 5.11 Å². The fourth-order valence-corrected chi connectivity index (χ4v) is 4.00. The first-order chi connectivity index (χ1) is 11.3. The molecule has 0 aliphatic rings. The monoisotopic (exact) mass is 318 g/mol. The molecule has 0 radical (unpaired) electrons. The average Bonchev–Trinajstić information content (AvgIpc) is 2.61. The molecule has 0 aliphatic carbocycles.